The van der Waals surface area contributed by atoms with Crippen molar-refractivity contribution >= 4 is 35.3 Å². The summed E-state index contributed by atoms with van der Waals surface area (Å²) in [6, 6.07) is -1.08. The van der Waals surface area contributed by atoms with Crippen molar-refractivity contribution in [2.24, 2.45) is 5.41 Å². The van der Waals surface area contributed by atoms with Gasteiger partial charge in [-0.1, -0.05) is 124 Å². The summed E-state index contributed by atoms with van der Waals surface area (Å²) in [6.45, 7) is 7.51. The summed E-state index contributed by atoms with van der Waals surface area (Å²) < 4.78 is 21.4. The van der Waals surface area contributed by atoms with E-state index in [9.17, 15) is 33.9 Å². The number of Topliss-reactive ketones (excluding diaryl/α,β-unsaturated/α-hetero) is 2. The highest BCUT2D eigenvalue weighted by atomic mass is 16.5. The number of hydrogen-bond acceptors (Lipinski definition) is 10. The van der Waals surface area contributed by atoms with Gasteiger partial charge in [0.2, 0.25) is 11.8 Å². The predicted molar refractivity (Wildman–Crippen MR) is 224 cm³/mol. The Bertz CT molecular complexity index is 1090. The fraction of sp³-hybridized carbons (Fsp3) is 0.864. The number of aliphatic carboxylic acids is 2. The van der Waals surface area contributed by atoms with Crippen molar-refractivity contribution in [3.8, 4) is 0 Å². The lowest BCUT2D eigenvalue weighted by atomic mass is 9.91. The molecule has 1 atom stereocenters. The van der Waals surface area contributed by atoms with Crippen LogP contribution in [-0.4, -0.2) is 111 Å². The fourth-order valence-electron chi connectivity index (χ4n) is 6.02. The number of hydrogen-bond donors (Lipinski definition) is 4. The summed E-state index contributed by atoms with van der Waals surface area (Å²) in [5.41, 5.74) is -0.432. The van der Waals surface area contributed by atoms with E-state index in [0.29, 0.717) is 45.8 Å². The molecule has 4 N–H and O–H groups in total. The highest BCUT2D eigenvalue weighted by Gasteiger charge is 2.21. The lowest BCUT2D eigenvalue weighted by Gasteiger charge is -2.16. The molecule has 0 radical (unpaired) electrons. The maximum absolute atomic E-state index is 12.4. The zero-order valence-corrected chi connectivity index (χ0v) is 36.4. The van der Waals surface area contributed by atoms with Gasteiger partial charge in [-0.3, -0.25) is 24.0 Å². The van der Waals surface area contributed by atoms with Gasteiger partial charge in [-0.2, -0.15) is 0 Å². The van der Waals surface area contributed by atoms with Gasteiger partial charge in [0, 0.05) is 44.2 Å². The van der Waals surface area contributed by atoms with Crippen molar-refractivity contribution in [1.29, 1.82) is 0 Å². The molecule has 0 unspecified atom stereocenters. The molecule has 0 spiro atoms. The molecule has 0 saturated heterocycles. The van der Waals surface area contributed by atoms with E-state index in [1.807, 2.05) is 20.8 Å². The van der Waals surface area contributed by atoms with E-state index in [2.05, 4.69) is 10.6 Å². The molecule has 338 valence electrons. The molecular weight excluding hydrogens is 748 g/mol. The quantitative estimate of drug-likeness (QED) is 0.0445. The summed E-state index contributed by atoms with van der Waals surface area (Å²) in [6.07, 6.45) is 22.2. The molecular formula is C44H80N2O12. The third kappa shape index (κ3) is 38.6. The van der Waals surface area contributed by atoms with Gasteiger partial charge in [-0.05, 0) is 25.7 Å². The van der Waals surface area contributed by atoms with Gasteiger partial charge < -0.3 is 39.8 Å². The first-order valence-corrected chi connectivity index (χ1v) is 22.2. The second kappa shape index (κ2) is 38.3. The minimum Gasteiger partial charge on any atom is -0.481 e. The minimum atomic E-state index is -1.14. The van der Waals surface area contributed by atoms with Crippen molar-refractivity contribution in [3.63, 3.8) is 0 Å². The molecule has 0 aromatic heterocycles. The Balaban J connectivity index is 3.64. The molecule has 0 rings (SSSR count). The van der Waals surface area contributed by atoms with Gasteiger partial charge in [0.05, 0.1) is 33.0 Å². The summed E-state index contributed by atoms with van der Waals surface area (Å²) in [5, 5.41) is 23.4. The van der Waals surface area contributed by atoms with Crippen LogP contribution < -0.4 is 10.6 Å². The third-order valence-corrected chi connectivity index (χ3v) is 9.75. The predicted octanol–water partition coefficient (Wildman–Crippen LogP) is 7.37. The fourth-order valence-corrected chi connectivity index (χ4v) is 6.02. The molecule has 0 aliphatic heterocycles. The van der Waals surface area contributed by atoms with Gasteiger partial charge >= 0.3 is 11.9 Å². The van der Waals surface area contributed by atoms with Crippen LogP contribution in [0.15, 0.2) is 0 Å². The first-order valence-electron chi connectivity index (χ1n) is 22.2. The molecule has 0 bridgehead atoms. The van der Waals surface area contributed by atoms with Gasteiger partial charge in [0.25, 0.3) is 0 Å². The lowest BCUT2D eigenvalue weighted by molar-refractivity contribution is -0.142. The van der Waals surface area contributed by atoms with Crippen molar-refractivity contribution in [3.05, 3.63) is 0 Å². The zero-order valence-electron chi connectivity index (χ0n) is 36.4. The molecule has 0 heterocycles. The van der Waals surface area contributed by atoms with Gasteiger partial charge in [0.15, 0.2) is 5.78 Å². The number of carboxylic acid groups (broad SMARTS) is 2. The Hall–Kier alpha value is -2.94. The highest BCUT2D eigenvalue weighted by molar-refractivity contribution is 5.85. The minimum absolute atomic E-state index is 0.0260. The average molecular weight is 829 g/mol. The lowest BCUT2D eigenvalue weighted by Crippen LogP contribution is -2.41. The molecule has 0 fully saturated rings. The smallest absolute Gasteiger partial charge is 0.326 e. The van der Waals surface area contributed by atoms with E-state index >= 15 is 0 Å². The van der Waals surface area contributed by atoms with Crippen LogP contribution in [-0.2, 0) is 47.7 Å². The third-order valence-electron chi connectivity index (χ3n) is 9.75. The van der Waals surface area contributed by atoms with Crippen LogP contribution in [0.2, 0.25) is 0 Å². The van der Waals surface area contributed by atoms with E-state index in [0.717, 1.165) is 44.9 Å². The Morgan fingerprint density at radius 1 is 0.483 bits per heavy atom. The number of amides is 2. The van der Waals surface area contributed by atoms with Crippen LogP contribution in [0.5, 0.6) is 0 Å². The van der Waals surface area contributed by atoms with Crippen LogP contribution in [0.3, 0.4) is 0 Å². The number of nitrogens with one attached hydrogen (secondary N) is 2. The van der Waals surface area contributed by atoms with Crippen molar-refractivity contribution in [2.45, 2.75) is 181 Å². The first kappa shape index (κ1) is 55.1. The summed E-state index contributed by atoms with van der Waals surface area (Å²) in [4.78, 5) is 70.5. The monoisotopic (exact) mass is 829 g/mol. The largest absolute Gasteiger partial charge is 0.481 e. The number of ether oxygens (including phenoxy) is 4. The molecule has 2 amide bonds. The Kier molecular flexibility index (Phi) is 36.3. The van der Waals surface area contributed by atoms with Crippen LogP contribution in [0.25, 0.3) is 0 Å². The number of ketones is 2. The van der Waals surface area contributed by atoms with E-state index in [-0.39, 0.29) is 75.5 Å². The average Bonchev–Trinajstić information content (AvgIpc) is 3.16. The number of carboxylic acids is 2. The molecule has 0 aromatic carbocycles. The summed E-state index contributed by atoms with van der Waals surface area (Å²) >= 11 is 0. The zero-order chi connectivity index (χ0) is 43.1. The van der Waals surface area contributed by atoms with Gasteiger partial charge in [-0.15, -0.1) is 0 Å². The van der Waals surface area contributed by atoms with Crippen molar-refractivity contribution in [2.75, 3.05) is 59.4 Å². The van der Waals surface area contributed by atoms with Crippen LogP contribution in [0.4, 0.5) is 0 Å². The molecule has 0 aromatic rings. The topological polar surface area (TPSA) is 204 Å². The molecule has 58 heavy (non-hydrogen) atoms. The highest BCUT2D eigenvalue weighted by Crippen LogP contribution is 2.16. The van der Waals surface area contributed by atoms with Gasteiger partial charge in [0.1, 0.15) is 25.0 Å². The Labute approximate surface area is 349 Å². The summed E-state index contributed by atoms with van der Waals surface area (Å²) in [5.74, 6) is -2.47. The standard InChI is InChI=1S/C44H80N2O12/c1-44(2,3)39(48)35-57-33-32-56-30-28-45-41(50)36-58-34-31-55-29-22-23-37(47)26-27-38(43(53)54)46-40(49)24-20-18-16-14-12-10-8-6-4-5-7-9-11-13-15-17-19-21-25-42(51)52/h38H,4-36H2,1-3H3,(H,45,50)(H,46,49)(H,51,52)(H,53,54)/t38-/m0/s1. The van der Waals surface area contributed by atoms with Crippen LogP contribution in [0.1, 0.15) is 175 Å². The molecule has 14 heteroatoms. The molecule has 14 nitrogen and oxygen atoms in total. The Morgan fingerprint density at radius 3 is 1.41 bits per heavy atom. The second-order valence-electron chi connectivity index (χ2n) is 16.2. The number of carbonyl (C=O) groups is 6. The molecule has 0 aliphatic carbocycles. The van der Waals surface area contributed by atoms with E-state index in [1.54, 1.807) is 0 Å². The molecule has 0 aliphatic rings. The maximum Gasteiger partial charge on any atom is 0.326 e. The summed E-state index contributed by atoms with van der Waals surface area (Å²) in [7, 11) is 0. The molecule has 0 saturated carbocycles. The number of unbranched alkanes of at least 4 members (excludes halogenated alkanes) is 17. The maximum atomic E-state index is 12.4. The second-order valence-corrected chi connectivity index (χ2v) is 16.2. The first-order chi connectivity index (χ1) is 27.8. The van der Waals surface area contributed by atoms with E-state index in [4.69, 9.17) is 24.1 Å². The van der Waals surface area contributed by atoms with Crippen molar-refractivity contribution in [1.82, 2.24) is 10.6 Å². The Morgan fingerprint density at radius 2 is 0.931 bits per heavy atom. The van der Waals surface area contributed by atoms with Crippen LogP contribution in [0, 0.1) is 5.41 Å². The van der Waals surface area contributed by atoms with Crippen LogP contribution >= 0.6 is 0 Å². The van der Waals surface area contributed by atoms with E-state index in [1.165, 1.54) is 70.6 Å². The number of carbonyl (C=O) groups excluding carboxylic acids is 4. The normalized spacial score (nSPS) is 12.0. The van der Waals surface area contributed by atoms with E-state index < -0.39 is 23.4 Å². The number of rotatable bonds is 43. The van der Waals surface area contributed by atoms with Crippen molar-refractivity contribution < 1.29 is 57.9 Å². The SMILES string of the molecule is CC(C)(C)C(=O)COCCOCCNC(=O)COCCOCCCC(=O)CC[C@H](NC(=O)CCCCCCCCCCCCCCCCCCCCC(=O)O)C(=O)O. The van der Waals surface area contributed by atoms with Gasteiger partial charge in [-0.25, -0.2) is 4.79 Å².